The third-order valence-corrected chi connectivity index (χ3v) is 7.91. The molecule has 0 amide bonds. The number of nitriles is 1. The lowest BCUT2D eigenvalue weighted by molar-refractivity contribution is 0.132. The van der Waals surface area contributed by atoms with Gasteiger partial charge in [0.1, 0.15) is 0 Å². The summed E-state index contributed by atoms with van der Waals surface area (Å²) in [4.78, 5) is 2.65. The Hall–Kier alpha value is -1.82. The van der Waals surface area contributed by atoms with Crippen LogP contribution in [0.25, 0.3) is 0 Å². The van der Waals surface area contributed by atoms with Crippen LogP contribution in [0.5, 0.6) is 0 Å². The summed E-state index contributed by atoms with van der Waals surface area (Å²) < 4.78 is 0. The molecular formula is C29H39ClN2. The maximum absolute atomic E-state index is 10.6. The van der Waals surface area contributed by atoms with Crippen molar-refractivity contribution in [1.29, 1.82) is 5.26 Å². The number of nitrogens with zero attached hydrogens (tertiary/aromatic N) is 2. The highest BCUT2D eigenvalue weighted by Crippen LogP contribution is 2.47. The smallest absolute Gasteiger partial charge is 0.0865 e. The van der Waals surface area contributed by atoms with Gasteiger partial charge >= 0.3 is 0 Å². The van der Waals surface area contributed by atoms with Crippen molar-refractivity contribution in [2.45, 2.75) is 89.6 Å². The summed E-state index contributed by atoms with van der Waals surface area (Å²) in [5, 5.41) is 11.3. The van der Waals surface area contributed by atoms with E-state index in [2.05, 4.69) is 68.1 Å². The van der Waals surface area contributed by atoms with Crippen LogP contribution in [0.1, 0.15) is 76.8 Å². The molecule has 0 N–H and O–H groups in total. The first-order valence-corrected chi connectivity index (χ1v) is 12.9. The van der Waals surface area contributed by atoms with Crippen molar-refractivity contribution >= 4 is 11.6 Å². The van der Waals surface area contributed by atoms with E-state index < -0.39 is 5.41 Å². The molecule has 1 saturated carbocycles. The highest BCUT2D eigenvalue weighted by atomic mass is 35.5. The second-order valence-electron chi connectivity index (χ2n) is 9.71. The van der Waals surface area contributed by atoms with E-state index in [4.69, 9.17) is 11.6 Å². The zero-order valence-electron chi connectivity index (χ0n) is 20.1. The van der Waals surface area contributed by atoms with Crippen molar-refractivity contribution in [2.75, 3.05) is 6.54 Å². The van der Waals surface area contributed by atoms with Gasteiger partial charge in [-0.2, -0.15) is 5.26 Å². The van der Waals surface area contributed by atoms with E-state index in [1.165, 1.54) is 18.4 Å². The fourth-order valence-electron chi connectivity index (χ4n) is 5.77. The van der Waals surface area contributed by atoms with Gasteiger partial charge in [-0.15, -0.1) is 0 Å². The van der Waals surface area contributed by atoms with Crippen LogP contribution in [0.2, 0.25) is 5.02 Å². The van der Waals surface area contributed by atoms with Crippen LogP contribution in [0.15, 0.2) is 54.6 Å². The second-order valence-corrected chi connectivity index (χ2v) is 10.1. The number of hydrogen-bond donors (Lipinski definition) is 0. The molecule has 0 spiro atoms. The van der Waals surface area contributed by atoms with Gasteiger partial charge in [-0.05, 0) is 75.5 Å². The fourth-order valence-corrected chi connectivity index (χ4v) is 6.08. The molecule has 0 aliphatic heterocycles. The van der Waals surface area contributed by atoms with Gasteiger partial charge in [0.2, 0.25) is 0 Å². The topological polar surface area (TPSA) is 27.0 Å². The Balaban J connectivity index is 1.80. The quantitative estimate of drug-likeness (QED) is 0.349. The Morgan fingerprint density at radius 2 is 1.72 bits per heavy atom. The van der Waals surface area contributed by atoms with Crippen molar-refractivity contribution in [1.82, 2.24) is 4.90 Å². The van der Waals surface area contributed by atoms with Crippen LogP contribution in [0.3, 0.4) is 0 Å². The lowest BCUT2D eigenvalue weighted by atomic mass is 9.67. The fraction of sp³-hybridized carbons (Fsp3) is 0.552. The van der Waals surface area contributed by atoms with E-state index in [9.17, 15) is 5.26 Å². The summed E-state index contributed by atoms with van der Waals surface area (Å²) in [6, 6.07) is 22.6. The maximum atomic E-state index is 10.6. The summed E-state index contributed by atoms with van der Waals surface area (Å²) in [6.07, 6.45) is 8.79. The standard InChI is InChI=1S/C29H39ClN2/c1-4-26(32(23(2)3)21-19-24-12-6-5-7-13-24)18-20-29(22-31,25-14-8-9-15-25)27-16-10-11-17-28(27)30/h5-7,10-13,16-17,23,25-26H,4,8-9,14-15,18-21H2,1-3H3. The average Bonchev–Trinajstić information content (AvgIpc) is 3.35. The van der Waals surface area contributed by atoms with Gasteiger partial charge in [-0.3, -0.25) is 4.90 Å². The van der Waals surface area contributed by atoms with E-state index in [0.717, 1.165) is 55.7 Å². The average molecular weight is 451 g/mol. The van der Waals surface area contributed by atoms with Gasteiger partial charge in [-0.1, -0.05) is 79.9 Å². The molecule has 32 heavy (non-hydrogen) atoms. The van der Waals surface area contributed by atoms with Crippen LogP contribution in [0.4, 0.5) is 0 Å². The molecule has 3 rings (SSSR count). The summed E-state index contributed by atoms with van der Waals surface area (Å²) in [6.45, 7) is 7.95. The molecule has 2 aromatic rings. The molecule has 2 unspecified atom stereocenters. The van der Waals surface area contributed by atoms with Gasteiger partial charge in [0, 0.05) is 23.7 Å². The van der Waals surface area contributed by atoms with Crippen molar-refractivity contribution in [3.8, 4) is 6.07 Å². The highest BCUT2D eigenvalue weighted by Gasteiger charge is 2.43. The Labute approximate surface area is 200 Å². The molecule has 1 fully saturated rings. The molecule has 1 aliphatic carbocycles. The zero-order valence-corrected chi connectivity index (χ0v) is 20.8. The third-order valence-electron chi connectivity index (χ3n) is 7.58. The molecule has 2 atom stereocenters. The van der Waals surface area contributed by atoms with E-state index >= 15 is 0 Å². The molecule has 172 valence electrons. The summed E-state index contributed by atoms with van der Waals surface area (Å²) in [5.74, 6) is 0.404. The SMILES string of the molecule is CCC(CCC(C#N)(c1ccccc1Cl)C1CCCC1)N(CCc1ccccc1)C(C)C. The number of benzene rings is 2. The molecule has 0 heterocycles. The number of hydrogen-bond acceptors (Lipinski definition) is 2. The molecule has 2 nitrogen and oxygen atoms in total. The summed E-state index contributed by atoms with van der Waals surface area (Å²) in [7, 11) is 0. The van der Waals surface area contributed by atoms with Gasteiger partial charge in [0.05, 0.1) is 11.5 Å². The second kappa shape index (κ2) is 11.9. The first-order chi connectivity index (χ1) is 15.5. The molecule has 0 aromatic heterocycles. The molecule has 0 bridgehead atoms. The summed E-state index contributed by atoms with van der Waals surface area (Å²) in [5.41, 5.74) is 1.96. The number of halogens is 1. The minimum Gasteiger partial charge on any atom is -0.298 e. The lowest BCUT2D eigenvalue weighted by Crippen LogP contribution is -2.43. The van der Waals surface area contributed by atoms with Gasteiger partial charge in [0.25, 0.3) is 0 Å². The molecular weight excluding hydrogens is 412 g/mol. The molecule has 0 saturated heterocycles. The summed E-state index contributed by atoms with van der Waals surface area (Å²) >= 11 is 6.68. The molecule has 1 aliphatic rings. The third kappa shape index (κ3) is 5.75. The Morgan fingerprint density at radius 1 is 1.06 bits per heavy atom. The van der Waals surface area contributed by atoms with E-state index in [1.807, 2.05) is 18.2 Å². The minimum absolute atomic E-state index is 0.404. The number of rotatable bonds is 11. The van der Waals surface area contributed by atoms with Crippen LogP contribution < -0.4 is 0 Å². The van der Waals surface area contributed by atoms with E-state index in [-0.39, 0.29) is 0 Å². The van der Waals surface area contributed by atoms with Crippen LogP contribution in [-0.2, 0) is 11.8 Å². The maximum Gasteiger partial charge on any atom is 0.0865 e. The van der Waals surface area contributed by atoms with Gasteiger partial charge in [0.15, 0.2) is 0 Å². The van der Waals surface area contributed by atoms with Crippen molar-refractivity contribution in [3.63, 3.8) is 0 Å². The first-order valence-electron chi connectivity index (χ1n) is 12.5. The monoisotopic (exact) mass is 450 g/mol. The largest absolute Gasteiger partial charge is 0.298 e. The predicted octanol–water partition coefficient (Wildman–Crippen LogP) is 7.80. The predicted molar refractivity (Wildman–Crippen MR) is 136 cm³/mol. The Kier molecular flexibility index (Phi) is 9.21. The molecule has 3 heteroatoms. The highest BCUT2D eigenvalue weighted by molar-refractivity contribution is 6.31. The van der Waals surface area contributed by atoms with Crippen molar-refractivity contribution < 1.29 is 0 Å². The lowest BCUT2D eigenvalue weighted by Gasteiger charge is -2.39. The molecule has 0 radical (unpaired) electrons. The first kappa shape index (κ1) is 24.8. The van der Waals surface area contributed by atoms with Crippen molar-refractivity contribution in [3.05, 3.63) is 70.7 Å². The van der Waals surface area contributed by atoms with Crippen LogP contribution in [0, 0.1) is 17.2 Å². The van der Waals surface area contributed by atoms with Gasteiger partial charge < -0.3 is 0 Å². The molecule has 2 aromatic carbocycles. The Bertz CT molecular complexity index is 866. The van der Waals surface area contributed by atoms with E-state index in [1.54, 1.807) is 0 Å². The Morgan fingerprint density at radius 3 is 2.31 bits per heavy atom. The zero-order chi connectivity index (χ0) is 23.0. The van der Waals surface area contributed by atoms with Crippen LogP contribution >= 0.6 is 11.6 Å². The van der Waals surface area contributed by atoms with Crippen LogP contribution in [-0.4, -0.2) is 23.5 Å². The van der Waals surface area contributed by atoms with Gasteiger partial charge in [-0.25, -0.2) is 0 Å². The van der Waals surface area contributed by atoms with Crippen molar-refractivity contribution in [2.24, 2.45) is 5.92 Å². The van der Waals surface area contributed by atoms with E-state index in [0.29, 0.717) is 18.0 Å². The minimum atomic E-state index is -0.482. The normalized spacial score (nSPS) is 17.4.